The molecule has 0 saturated carbocycles. The van der Waals surface area contributed by atoms with Gasteiger partial charge in [0, 0.05) is 17.0 Å². The standard InChI is InChI=1S/C10H8.C6H7NO2S/c1-2-6-10-8-4-3-7-9(10)5-1;8-10(9)7-6-4-2-1-3-5-6/h1-8H;1-5,7H,(H,8,9)/p-1. The maximum atomic E-state index is 10.1. The van der Waals surface area contributed by atoms with Crippen LogP contribution in [0.2, 0.25) is 0 Å². The van der Waals surface area contributed by atoms with Gasteiger partial charge in [-0.25, -0.2) is 0 Å². The summed E-state index contributed by atoms with van der Waals surface area (Å²) < 4.78 is 22.3. The highest BCUT2D eigenvalue weighted by Crippen LogP contribution is 2.11. The second kappa shape index (κ2) is 7.43. The number of para-hydroxylation sites is 1. The predicted octanol–water partition coefficient (Wildman–Crippen LogP) is 3.73. The molecule has 3 aromatic rings. The Morgan fingerprint density at radius 2 is 1.10 bits per heavy atom. The van der Waals surface area contributed by atoms with Gasteiger partial charge in [-0.3, -0.25) is 4.21 Å². The summed E-state index contributed by atoms with van der Waals surface area (Å²) in [6, 6.07) is 25.4. The predicted molar refractivity (Wildman–Crippen MR) is 82.9 cm³/mol. The fourth-order valence-electron chi connectivity index (χ4n) is 1.74. The van der Waals surface area contributed by atoms with Gasteiger partial charge < -0.3 is 9.27 Å². The van der Waals surface area contributed by atoms with Gasteiger partial charge in [0.15, 0.2) is 0 Å². The Bertz CT molecular complexity index is 621. The van der Waals surface area contributed by atoms with E-state index in [-0.39, 0.29) is 0 Å². The number of hydrogen-bond acceptors (Lipinski definition) is 2. The highest BCUT2D eigenvalue weighted by atomic mass is 32.2. The van der Waals surface area contributed by atoms with Crippen LogP contribution in [0.1, 0.15) is 0 Å². The van der Waals surface area contributed by atoms with E-state index in [1.165, 1.54) is 10.8 Å². The first-order valence-electron chi connectivity index (χ1n) is 6.10. The van der Waals surface area contributed by atoms with Crippen molar-refractivity contribution in [2.75, 3.05) is 4.72 Å². The van der Waals surface area contributed by atoms with Gasteiger partial charge >= 0.3 is 0 Å². The number of benzene rings is 3. The Hall–Kier alpha value is -2.17. The molecule has 0 saturated heterocycles. The molecule has 0 fully saturated rings. The molecule has 0 spiro atoms. The minimum absolute atomic E-state index is 0.579. The summed E-state index contributed by atoms with van der Waals surface area (Å²) in [7, 11) is 0. The van der Waals surface area contributed by atoms with Crippen molar-refractivity contribution in [2.45, 2.75) is 0 Å². The van der Waals surface area contributed by atoms with Crippen LogP contribution < -0.4 is 4.72 Å². The largest absolute Gasteiger partial charge is 0.755 e. The van der Waals surface area contributed by atoms with E-state index in [0.29, 0.717) is 5.69 Å². The van der Waals surface area contributed by atoms with Gasteiger partial charge in [0.2, 0.25) is 0 Å². The van der Waals surface area contributed by atoms with E-state index in [0.717, 1.165) is 0 Å². The molecule has 1 unspecified atom stereocenters. The first kappa shape index (κ1) is 14.2. The highest BCUT2D eigenvalue weighted by Gasteiger charge is 1.85. The van der Waals surface area contributed by atoms with Gasteiger partial charge in [-0.05, 0) is 22.9 Å². The van der Waals surface area contributed by atoms with E-state index in [4.69, 9.17) is 0 Å². The van der Waals surface area contributed by atoms with Gasteiger partial charge in [-0.15, -0.1) is 0 Å². The van der Waals surface area contributed by atoms with Crippen LogP contribution in [0.25, 0.3) is 10.8 Å². The zero-order chi connectivity index (χ0) is 14.2. The summed E-state index contributed by atoms with van der Waals surface area (Å²) in [5.41, 5.74) is 0.579. The first-order valence-corrected chi connectivity index (χ1v) is 7.18. The lowest BCUT2D eigenvalue weighted by Gasteiger charge is -2.06. The fraction of sp³-hybridized carbons (Fsp3) is 0. The van der Waals surface area contributed by atoms with Gasteiger partial charge in [-0.1, -0.05) is 66.7 Å². The quantitative estimate of drug-likeness (QED) is 0.729. The Labute approximate surface area is 120 Å². The van der Waals surface area contributed by atoms with Crippen molar-refractivity contribution >= 4 is 27.7 Å². The summed E-state index contributed by atoms with van der Waals surface area (Å²) in [5.74, 6) is 0. The van der Waals surface area contributed by atoms with E-state index in [2.05, 4.69) is 53.3 Å². The van der Waals surface area contributed by atoms with Crippen molar-refractivity contribution in [1.82, 2.24) is 0 Å². The molecule has 0 bridgehead atoms. The molecular weight excluding hydrogens is 270 g/mol. The summed E-state index contributed by atoms with van der Waals surface area (Å²) in [6.07, 6.45) is 0. The monoisotopic (exact) mass is 284 g/mol. The lowest BCUT2D eigenvalue weighted by Crippen LogP contribution is -2.01. The first-order chi connectivity index (χ1) is 9.75. The van der Waals surface area contributed by atoms with Crippen molar-refractivity contribution in [3.05, 3.63) is 78.9 Å². The molecule has 102 valence electrons. The maximum absolute atomic E-state index is 10.1. The van der Waals surface area contributed by atoms with E-state index < -0.39 is 11.3 Å². The number of rotatable bonds is 2. The van der Waals surface area contributed by atoms with Gasteiger partial charge in [0.1, 0.15) is 0 Å². The SMILES string of the molecule is O=S([O-])Nc1ccccc1.c1ccc2ccccc2c1. The second-order valence-electron chi connectivity index (χ2n) is 4.05. The van der Waals surface area contributed by atoms with Crippen molar-refractivity contribution in [2.24, 2.45) is 0 Å². The van der Waals surface area contributed by atoms with Crippen LogP contribution in [-0.4, -0.2) is 8.76 Å². The maximum Gasteiger partial charge on any atom is 0.0452 e. The second-order valence-corrected chi connectivity index (χ2v) is 4.72. The average Bonchev–Trinajstić information content (AvgIpc) is 2.48. The molecule has 0 heterocycles. The molecule has 0 aliphatic heterocycles. The van der Waals surface area contributed by atoms with Crippen LogP contribution in [0, 0.1) is 0 Å². The molecule has 0 aliphatic rings. The third-order valence-corrected chi connectivity index (χ3v) is 3.04. The average molecular weight is 284 g/mol. The van der Waals surface area contributed by atoms with E-state index in [9.17, 15) is 8.76 Å². The summed E-state index contributed by atoms with van der Waals surface area (Å²) in [4.78, 5) is 0. The normalized spacial score (nSPS) is 11.2. The third kappa shape index (κ3) is 4.50. The Morgan fingerprint density at radius 1 is 0.700 bits per heavy atom. The molecule has 0 radical (unpaired) electrons. The van der Waals surface area contributed by atoms with Crippen LogP contribution in [-0.2, 0) is 11.3 Å². The Morgan fingerprint density at radius 3 is 1.50 bits per heavy atom. The zero-order valence-corrected chi connectivity index (χ0v) is 11.5. The lowest BCUT2D eigenvalue weighted by atomic mass is 10.1. The number of anilines is 1. The van der Waals surface area contributed by atoms with Crippen molar-refractivity contribution in [3.63, 3.8) is 0 Å². The summed E-state index contributed by atoms with van der Waals surface area (Å²) in [5, 5.41) is 2.62. The van der Waals surface area contributed by atoms with Gasteiger partial charge in [0.05, 0.1) is 0 Å². The molecule has 3 aromatic carbocycles. The molecule has 1 atom stereocenters. The smallest absolute Gasteiger partial charge is 0.0452 e. The van der Waals surface area contributed by atoms with Crippen LogP contribution in [0.3, 0.4) is 0 Å². The lowest BCUT2D eigenvalue weighted by molar-refractivity contribution is 0.542. The molecule has 0 amide bonds. The number of nitrogens with one attached hydrogen (secondary N) is 1. The Kier molecular flexibility index (Phi) is 5.29. The molecule has 0 aliphatic carbocycles. The molecule has 20 heavy (non-hydrogen) atoms. The fourth-order valence-corrected chi connectivity index (χ4v) is 2.06. The van der Waals surface area contributed by atoms with Crippen molar-refractivity contribution in [1.29, 1.82) is 0 Å². The molecule has 1 N–H and O–H groups in total. The Balaban J connectivity index is 0.000000147. The minimum Gasteiger partial charge on any atom is -0.755 e. The third-order valence-electron chi connectivity index (χ3n) is 2.63. The molecule has 4 heteroatoms. The van der Waals surface area contributed by atoms with Crippen molar-refractivity contribution in [3.8, 4) is 0 Å². The van der Waals surface area contributed by atoms with Crippen LogP contribution in [0.4, 0.5) is 5.69 Å². The molecular formula is C16H14NO2S-. The van der Waals surface area contributed by atoms with Gasteiger partial charge in [0.25, 0.3) is 0 Å². The van der Waals surface area contributed by atoms with E-state index in [1.807, 2.05) is 6.07 Å². The number of fused-ring (bicyclic) bond motifs is 1. The van der Waals surface area contributed by atoms with E-state index in [1.54, 1.807) is 24.3 Å². The van der Waals surface area contributed by atoms with Crippen LogP contribution in [0.5, 0.6) is 0 Å². The topological polar surface area (TPSA) is 52.2 Å². The summed E-state index contributed by atoms with van der Waals surface area (Å²) in [6.45, 7) is 0. The molecule has 3 rings (SSSR count). The minimum atomic E-state index is -2.22. The van der Waals surface area contributed by atoms with Crippen LogP contribution in [0.15, 0.2) is 78.9 Å². The highest BCUT2D eigenvalue weighted by molar-refractivity contribution is 7.80. The molecule has 0 aromatic heterocycles. The van der Waals surface area contributed by atoms with E-state index >= 15 is 0 Å². The van der Waals surface area contributed by atoms with Crippen LogP contribution >= 0.6 is 0 Å². The number of hydrogen-bond donors (Lipinski definition) is 1. The van der Waals surface area contributed by atoms with Gasteiger partial charge in [-0.2, -0.15) is 0 Å². The zero-order valence-electron chi connectivity index (χ0n) is 10.7. The molecule has 3 nitrogen and oxygen atoms in total. The van der Waals surface area contributed by atoms with Crippen molar-refractivity contribution < 1.29 is 8.76 Å². The summed E-state index contributed by atoms with van der Waals surface area (Å²) >= 11 is -2.22.